The average molecular weight is 248 g/mol. The Labute approximate surface area is 74.2 Å². The number of alkyl halides is 1. The Bertz CT molecular complexity index is 210. The van der Waals surface area contributed by atoms with E-state index < -0.39 is 0 Å². The molecule has 0 aliphatic carbocycles. The van der Waals surface area contributed by atoms with Crippen molar-refractivity contribution in [2.24, 2.45) is 0 Å². The van der Waals surface area contributed by atoms with E-state index in [0.29, 0.717) is 5.75 Å². The van der Waals surface area contributed by atoms with Crippen molar-refractivity contribution in [3.8, 4) is 5.75 Å². The Morgan fingerprint density at radius 2 is 2.00 bits per heavy atom. The first kappa shape index (κ1) is 7.85. The van der Waals surface area contributed by atoms with E-state index in [0.717, 1.165) is 16.4 Å². The molecule has 0 bridgehead atoms. The van der Waals surface area contributed by atoms with E-state index in [1.165, 1.54) is 0 Å². The molecule has 0 saturated carbocycles. The van der Waals surface area contributed by atoms with Crippen LogP contribution in [0.1, 0.15) is 5.56 Å². The molecule has 0 atom stereocenters. The molecule has 0 aliphatic rings. The van der Waals surface area contributed by atoms with E-state index in [1.54, 1.807) is 6.07 Å². The largest absolute Gasteiger partial charge is 0.508 e. The summed E-state index contributed by atoms with van der Waals surface area (Å²) in [5.74, 6) is 0.416. The maximum atomic E-state index is 9.24. The van der Waals surface area contributed by atoms with Crippen LogP contribution in [0.5, 0.6) is 5.75 Å². The van der Waals surface area contributed by atoms with Crippen LogP contribution in [0.25, 0.3) is 0 Å². The van der Waals surface area contributed by atoms with Gasteiger partial charge >= 0.3 is 0 Å². The quantitative estimate of drug-likeness (QED) is 0.629. The van der Waals surface area contributed by atoms with Crippen LogP contribution in [-0.2, 0) is 6.42 Å². The van der Waals surface area contributed by atoms with Gasteiger partial charge in [0.05, 0.1) is 0 Å². The van der Waals surface area contributed by atoms with Crippen molar-refractivity contribution in [2.45, 2.75) is 6.42 Å². The highest BCUT2D eigenvalue weighted by Gasteiger charge is 1.95. The fourth-order valence-corrected chi connectivity index (χ4v) is 1.41. The number of rotatable bonds is 2. The molecular formula is C8H9IO. The topological polar surface area (TPSA) is 20.2 Å². The molecule has 1 aromatic rings. The molecule has 1 rings (SSSR count). The first-order chi connectivity index (χ1) is 4.84. The summed E-state index contributed by atoms with van der Waals surface area (Å²) in [5, 5.41) is 9.24. The molecule has 0 fully saturated rings. The molecule has 1 N–H and O–H groups in total. The molecule has 0 spiro atoms. The van der Waals surface area contributed by atoms with Gasteiger partial charge in [0.1, 0.15) is 5.75 Å². The number of aryl methyl sites for hydroxylation is 1. The second-order valence-electron chi connectivity index (χ2n) is 2.07. The average Bonchev–Trinajstić information content (AvgIpc) is 1.94. The van der Waals surface area contributed by atoms with Gasteiger partial charge in [0.25, 0.3) is 0 Å². The predicted molar refractivity (Wildman–Crippen MR) is 50.7 cm³/mol. The summed E-state index contributed by atoms with van der Waals surface area (Å²) < 4.78 is 1.05. The zero-order valence-electron chi connectivity index (χ0n) is 5.55. The van der Waals surface area contributed by atoms with Crippen LogP contribution >= 0.6 is 22.6 Å². The summed E-state index contributed by atoms with van der Waals surface area (Å²) in [4.78, 5) is 0. The Balaban J connectivity index is 2.81. The van der Waals surface area contributed by atoms with Gasteiger partial charge in [-0.3, -0.25) is 0 Å². The van der Waals surface area contributed by atoms with Crippen molar-refractivity contribution in [1.82, 2.24) is 0 Å². The van der Waals surface area contributed by atoms with E-state index in [-0.39, 0.29) is 0 Å². The van der Waals surface area contributed by atoms with Crippen LogP contribution < -0.4 is 0 Å². The second kappa shape index (κ2) is 3.81. The first-order valence-corrected chi connectivity index (χ1v) is 4.70. The molecule has 0 saturated heterocycles. The van der Waals surface area contributed by atoms with E-state index in [1.807, 2.05) is 18.2 Å². The maximum Gasteiger partial charge on any atom is 0.118 e. The molecule has 0 heterocycles. The number of benzene rings is 1. The van der Waals surface area contributed by atoms with Crippen molar-refractivity contribution in [2.75, 3.05) is 4.43 Å². The summed E-state index contributed by atoms with van der Waals surface area (Å²) in [6.45, 7) is 0. The van der Waals surface area contributed by atoms with Gasteiger partial charge < -0.3 is 5.11 Å². The minimum Gasteiger partial charge on any atom is -0.508 e. The van der Waals surface area contributed by atoms with Crippen LogP contribution in [0.4, 0.5) is 0 Å². The van der Waals surface area contributed by atoms with E-state index >= 15 is 0 Å². The highest BCUT2D eigenvalue weighted by molar-refractivity contribution is 14.1. The highest BCUT2D eigenvalue weighted by atomic mass is 127. The van der Waals surface area contributed by atoms with E-state index in [2.05, 4.69) is 22.6 Å². The number of halogens is 1. The fourth-order valence-electron chi connectivity index (χ4n) is 0.824. The lowest BCUT2D eigenvalue weighted by molar-refractivity contribution is 0.469. The van der Waals surface area contributed by atoms with E-state index in [4.69, 9.17) is 0 Å². The second-order valence-corrected chi connectivity index (χ2v) is 3.15. The number of hydrogen-bond acceptors (Lipinski definition) is 1. The van der Waals surface area contributed by atoms with Gasteiger partial charge in [-0.1, -0.05) is 40.8 Å². The summed E-state index contributed by atoms with van der Waals surface area (Å²) in [6.07, 6.45) is 0.952. The molecule has 0 radical (unpaired) electrons. The van der Waals surface area contributed by atoms with Crippen LogP contribution in [0.2, 0.25) is 0 Å². The maximum absolute atomic E-state index is 9.24. The summed E-state index contributed by atoms with van der Waals surface area (Å²) >= 11 is 2.30. The van der Waals surface area contributed by atoms with Crippen LogP contribution in [-0.4, -0.2) is 9.53 Å². The van der Waals surface area contributed by atoms with Crippen LogP contribution in [0, 0.1) is 0 Å². The lowest BCUT2D eigenvalue weighted by Crippen LogP contribution is -1.84. The Hall–Kier alpha value is -0.250. The Kier molecular flexibility index (Phi) is 2.99. The zero-order valence-corrected chi connectivity index (χ0v) is 7.71. The molecule has 10 heavy (non-hydrogen) atoms. The van der Waals surface area contributed by atoms with Gasteiger partial charge in [-0.2, -0.15) is 0 Å². The Morgan fingerprint density at radius 3 is 2.60 bits per heavy atom. The molecule has 1 aromatic carbocycles. The van der Waals surface area contributed by atoms with Crippen LogP contribution in [0.3, 0.4) is 0 Å². The molecule has 54 valence electrons. The number of phenolic OH excluding ortho intramolecular Hbond substituents is 1. The highest BCUT2D eigenvalue weighted by Crippen LogP contribution is 2.16. The van der Waals surface area contributed by atoms with Gasteiger partial charge in [0, 0.05) is 4.43 Å². The van der Waals surface area contributed by atoms with E-state index in [9.17, 15) is 5.11 Å². The van der Waals surface area contributed by atoms with Crippen molar-refractivity contribution < 1.29 is 5.11 Å². The van der Waals surface area contributed by atoms with Gasteiger partial charge in [0.2, 0.25) is 0 Å². The standard InChI is InChI=1S/C8H9IO/c9-6-5-7-3-1-2-4-8(7)10/h1-4,10H,5-6H2. The van der Waals surface area contributed by atoms with Crippen molar-refractivity contribution in [1.29, 1.82) is 0 Å². The van der Waals surface area contributed by atoms with Gasteiger partial charge in [-0.15, -0.1) is 0 Å². The lowest BCUT2D eigenvalue weighted by atomic mass is 10.1. The summed E-state index contributed by atoms with van der Waals surface area (Å²) in [7, 11) is 0. The third-order valence-electron chi connectivity index (χ3n) is 1.36. The number of phenols is 1. The third kappa shape index (κ3) is 1.87. The number of aromatic hydroxyl groups is 1. The van der Waals surface area contributed by atoms with Crippen LogP contribution in [0.15, 0.2) is 24.3 Å². The Morgan fingerprint density at radius 1 is 1.30 bits per heavy atom. The molecule has 1 nitrogen and oxygen atoms in total. The molecule has 0 amide bonds. The molecule has 0 aliphatic heterocycles. The number of hydrogen-bond donors (Lipinski definition) is 1. The molecule has 0 aromatic heterocycles. The normalized spacial score (nSPS) is 9.70. The van der Waals surface area contributed by atoms with Gasteiger partial charge in [-0.05, 0) is 18.1 Å². The van der Waals surface area contributed by atoms with Gasteiger partial charge in [-0.25, -0.2) is 0 Å². The van der Waals surface area contributed by atoms with Crippen molar-refractivity contribution in [3.63, 3.8) is 0 Å². The van der Waals surface area contributed by atoms with Gasteiger partial charge in [0.15, 0.2) is 0 Å². The predicted octanol–water partition coefficient (Wildman–Crippen LogP) is 2.37. The van der Waals surface area contributed by atoms with Crippen molar-refractivity contribution in [3.05, 3.63) is 29.8 Å². The molecule has 0 unspecified atom stereocenters. The smallest absolute Gasteiger partial charge is 0.118 e. The third-order valence-corrected chi connectivity index (χ3v) is 1.89. The lowest BCUT2D eigenvalue weighted by Gasteiger charge is -1.99. The minimum absolute atomic E-state index is 0.416. The SMILES string of the molecule is Oc1ccccc1CCI. The number of para-hydroxylation sites is 1. The molecule has 2 heteroatoms. The van der Waals surface area contributed by atoms with Crippen molar-refractivity contribution >= 4 is 22.6 Å². The molecular weight excluding hydrogens is 239 g/mol. The minimum atomic E-state index is 0.416. The summed E-state index contributed by atoms with van der Waals surface area (Å²) in [5.41, 5.74) is 1.04. The zero-order chi connectivity index (χ0) is 7.40. The summed E-state index contributed by atoms with van der Waals surface area (Å²) in [6, 6.07) is 7.46. The monoisotopic (exact) mass is 248 g/mol. The first-order valence-electron chi connectivity index (χ1n) is 3.17. The fraction of sp³-hybridized carbons (Fsp3) is 0.250.